The van der Waals surface area contributed by atoms with E-state index in [1.54, 1.807) is 23.5 Å². The Hall–Kier alpha value is -4.14. The van der Waals surface area contributed by atoms with Gasteiger partial charge < -0.3 is 24.8 Å². The van der Waals surface area contributed by atoms with Gasteiger partial charge in [-0.25, -0.2) is 4.98 Å². The molecule has 0 unspecified atom stereocenters. The van der Waals surface area contributed by atoms with Crippen LogP contribution in [0, 0.1) is 6.92 Å². The molecule has 0 spiro atoms. The number of amides is 3. The third-order valence-electron chi connectivity index (χ3n) is 7.07. The van der Waals surface area contributed by atoms with Gasteiger partial charge in [0.2, 0.25) is 5.91 Å². The van der Waals surface area contributed by atoms with Crippen LogP contribution >= 0.6 is 0 Å². The first-order valence-corrected chi connectivity index (χ1v) is 12.4. The van der Waals surface area contributed by atoms with Gasteiger partial charge >= 0.3 is 0 Å². The van der Waals surface area contributed by atoms with Crippen LogP contribution in [0.5, 0.6) is 5.75 Å². The molecule has 9 nitrogen and oxygen atoms in total. The van der Waals surface area contributed by atoms with Gasteiger partial charge in [0, 0.05) is 19.1 Å². The zero-order valence-electron chi connectivity index (χ0n) is 21.3. The summed E-state index contributed by atoms with van der Waals surface area (Å²) in [6.45, 7) is 4.67. The predicted molar refractivity (Wildman–Crippen MR) is 137 cm³/mol. The molecule has 2 heterocycles. The van der Waals surface area contributed by atoms with Crippen molar-refractivity contribution in [1.82, 2.24) is 25.1 Å². The second-order valence-electron chi connectivity index (χ2n) is 9.95. The summed E-state index contributed by atoms with van der Waals surface area (Å²) >= 11 is 0. The number of aromatic nitrogens is 2. The molecule has 1 fully saturated rings. The second kappa shape index (κ2) is 9.72. The molecule has 1 saturated carbocycles. The van der Waals surface area contributed by atoms with Gasteiger partial charge in [-0.3, -0.25) is 14.4 Å². The maximum Gasteiger partial charge on any atom is 0.274 e. The summed E-state index contributed by atoms with van der Waals surface area (Å²) in [5.74, 6) is -0.251. The summed E-state index contributed by atoms with van der Waals surface area (Å²) in [6, 6.07) is 15.3. The lowest BCUT2D eigenvalue weighted by Crippen LogP contribution is -2.64. The first-order chi connectivity index (χ1) is 17.8. The number of nitrogens with one attached hydrogen (secondary N) is 2. The van der Waals surface area contributed by atoms with Gasteiger partial charge in [-0.05, 0) is 49.9 Å². The van der Waals surface area contributed by atoms with Crippen LogP contribution in [0.25, 0.3) is 0 Å². The molecular weight excluding hydrogens is 470 g/mol. The standard InChI is InChI=1S/C28H31N5O4/c1-18-4-6-19(7-5-18)14-29-25(34)23-24-26(35)33(21-10-11-21)28(2,16-32(24)17-31-23)27(36)30-15-20-8-12-22(37-3)13-9-20/h4-9,12-13,17,21H,10-11,14-16H2,1-3H3,(H,29,34)(H,30,36)/t28-/m1/s1. The lowest BCUT2D eigenvalue weighted by molar-refractivity contribution is -0.133. The minimum atomic E-state index is -1.10. The molecule has 1 aromatic heterocycles. The zero-order valence-corrected chi connectivity index (χ0v) is 21.3. The molecule has 3 aromatic rings. The number of hydrogen-bond donors (Lipinski definition) is 2. The Kier molecular flexibility index (Phi) is 6.45. The molecule has 2 aromatic carbocycles. The monoisotopic (exact) mass is 501 g/mol. The van der Waals surface area contributed by atoms with Gasteiger partial charge in [-0.1, -0.05) is 42.0 Å². The van der Waals surface area contributed by atoms with Crippen LogP contribution < -0.4 is 15.4 Å². The van der Waals surface area contributed by atoms with Crippen molar-refractivity contribution < 1.29 is 19.1 Å². The van der Waals surface area contributed by atoms with Crippen LogP contribution in [0.4, 0.5) is 0 Å². The van der Waals surface area contributed by atoms with Crippen LogP contribution in [-0.4, -0.2) is 50.9 Å². The first kappa shape index (κ1) is 24.5. The summed E-state index contributed by atoms with van der Waals surface area (Å²) in [7, 11) is 1.60. The van der Waals surface area contributed by atoms with E-state index >= 15 is 0 Å². The average molecular weight is 502 g/mol. The van der Waals surface area contributed by atoms with E-state index in [4.69, 9.17) is 4.74 Å². The van der Waals surface area contributed by atoms with Crippen LogP contribution in [0.2, 0.25) is 0 Å². The Labute approximate surface area is 215 Å². The summed E-state index contributed by atoms with van der Waals surface area (Å²) < 4.78 is 6.82. The number of aryl methyl sites for hydroxylation is 1. The number of ether oxygens (including phenoxy) is 1. The molecule has 9 heteroatoms. The van der Waals surface area contributed by atoms with Gasteiger partial charge in [0.15, 0.2) is 5.69 Å². The largest absolute Gasteiger partial charge is 0.497 e. The van der Waals surface area contributed by atoms with Crippen molar-refractivity contribution in [3.63, 3.8) is 0 Å². The minimum Gasteiger partial charge on any atom is -0.497 e. The molecule has 1 aliphatic carbocycles. The molecule has 2 N–H and O–H groups in total. The molecule has 0 radical (unpaired) electrons. The molecule has 0 saturated heterocycles. The van der Waals surface area contributed by atoms with Gasteiger partial charge in [0.25, 0.3) is 11.8 Å². The number of hydrogen-bond acceptors (Lipinski definition) is 5. The number of benzene rings is 2. The first-order valence-electron chi connectivity index (χ1n) is 12.4. The maximum atomic E-state index is 13.8. The molecular formula is C28H31N5O4. The molecule has 5 rings (SSSR count). The highest BCUT2D eigenvalue weighted by molar-refractivity contribution is 6.07. The fourth-order valence-electron chi connectivity index (χ4n) is 4.81. The third kappa shape index (κ3) is 4.81. The quantitative estimate of drug-likeness (QED) is 0.494. The number of nitrogens with zero attached hydrogens (tertiary/aromatic N) is 3. The van der Waals surface area contributed by atoms with E-state index in [0.29, 0.717) is 13.1 Å². The Morgan fingerprint density at radius 2 is 1.65 bits per heavy atom. The number of carbonyl (C=O) groups excluding carboxylic acids is 3. The molecule has 192 valence electrons. The predicted octanol–water partition coefficient (Wildman–Crippen LogP) is 2.82. The fraction of sp³-hybridized carbons (Fsp3) is 0.357. The number of methoxy groups -OCH3 is 1. The highest BCUT2D eigenvalue weighted by Gasteiger charge is 2.53. The Morgan fingerprint density at radius 3 is 2.27 bits per heavy atom. The average Bonchev–Trinajstić information content (AvgIpc) is 3.64. The SMILES string of the molecule is COc1ccc(CNC(=O)[C@@]2(C)Cn3cnc(C(=O)NCc4ccc(C)cc4)c3C(=O)N2C2CC2)cc1. The summed E-state index contributed by atoms with van der Waals surface area (Å²) in [4.78, 5) is 46.2. The van der Waals surface area contributed by atoms with Crippen molar-refractivity contribution in [2.24, 2.45) is 0 Å². The van der Waals surface area contributed by atoms with Crippen molar-refractivity contribution >= 4 is 17.7 Å². The van der Waals surface area contributed by atoms with Gasteiger partial charge in [0.05, 0.1) is 20.0 Å². The van der Waals surface area contributed by atoms with E-state index in [-0.39, 0.29) is 35.8 Å². The Balaban J connectivity index is 1.33. The van der Waals surface area contributed by atoms with E-state index in [9.17, 15) is 14.4 Å². The minimum absolute atomic E-state index is 0.0312. The highest BCUT2D eigenvalue weighted by Crippen LogP contribution is 2.38. The zero-order chi connectivity index (χ0) is 26.2. The third-order valence-corrected chi connectivity index (χ3v) is 7.07. The topological polar surface area (TPSA) is 106 Å². The summed E-state index contributed by atoms with van der Waals surface area (Å²) in [5.41, 5.74) is 2.23. The molecule has 3 amide bonds. The van der Waals surface area contributed by atoms with E-state index in [2.05, 4.69) is 15.6 Å². The Bertz CT molecular complexity index is 1330. The normalized spacial score (nSPS) is 18.8. The number of rotatable bonds is 8. The van der Waals surface area contributed by atoms with Gasteiger partial charge in [-0.15, -0.1) is 0 Å². The van der Waals surface area contributed by atoms with Crippen LogP contribution in [-0.2, 0) is 24.4 Å². The van der Waals surface area contributed by atoms with Gasteiger partial charge in [0.1, 0.15) is 17.0 Å². The number of imidazole rings is 1. The molecule has 1 aliphatic heterocycles. The van der Waals surface area contributed by atoms with Gasteiger partial charge in [-0.2, -0.15) is 0 Å². The Morgan fingerprint density at radius 1 is 1.03 bits per heavy atom. The smallest absolute Gasteiger partial charge is 0.274 e. The molecule has 2 aliphatic rings. The van der Waals surface area contributed by atoms with Crippen LogP contribution in [0.1, 0.15) is 57.4 Å². The molecule has 37 heavy (non-hydrogen) atoms. The van der Waals surface area contributed by atoms with E-state index in [1.165, 1.54) is 6.33 Å². The number of carbonyl (C=O) groups is 3. The fourth-order valence-corrected chi connectivity index (χ4v) is 4.81. The van der Waals surface area contributed by atoms with E-state index in [1.807, 2.05) is 55.5 Å². The lowest BCUT2D eigenvalue weighted by Gasteiger charge is -2.44. The van der Waals surface area contributed by atoms with Crippen molar-refractivity contribution in [3.8, 4) is 5.75 Å². The maximum absolute atomic E-state index is 13.8. The van der Waals surface area contributed by atoms with Crippen molar-refractivity contribution in [1.29, 1.82) is 0 Å². The number of fused-ring (bicyclic) bond motifs is 1. The highest BCUT2D eigenvalue weighted by atomic mass is 16.5. The van der Waals surface area contributed by atoms with Crippen molar-refractivity contribution in [3.05, 3.63) is 82.9 Å². The molecule has 1 atom stereocenters. The lowest BCUT2D eigenvalue weighted by atomic mass is 9.93. The summed E-state index contributed by atoms with van der Waals surface area (Å²) in [5, 5.41) is 5.86. The summed E-state index contributed by atoms with van der Waals surface area (Å²) in [6.07, 6.45) is 3.14. The van der Waals surface area contributed by atoms with Crippen LogP contribution in [0.3, 0.4) is 0 Å². The van der Waals surface area contributed by atoms with Crippen LogP contribution in [0.15, 0.2) is 54.9 Å². The second-order valence-corrected chi connectivity index (χ2v) is 9.95. The van der Waals surface area contributed by atoms with E-state index in [0.717, 1.165) is 35.3 Å². The van der Waals surface area contributed by atoms with E-state index < -0.39 is 11.4 Å². The molecule has 0 bridgehead atoms. The van der Waals surface area contributed by atoms with Crippen molar-refractivity contribution in [2.45, 2.75) is 57.9 Å². The van der Waals surface area contributed by atoms with Crippen molar-refractivity contribution in [2.75, 3.05) is 7.11 Å².